The molecule has 0 amide bonds. The summed E-state index contributed by atoms with van der Waals surface area (Å²) in [6.07, 6.45) is 0. The molecule has 2 aliphatic rings. The Balaban J connectivity index is 2.11. The summed E-state index contributed by atoms with van der Waals surface area (Å²) in [4.78, 5) is 0. The van der Waals surface area contributed by atoms with Gasteiger partial charge in [-0.1, -0.05) is 11.6 Å². The van der Waals surface area contributed by atoms with Crippen molar-refractivity contribution < 1.29 is 4.74 Å². The second kappa shape index (κ2) is 2.95. The Morgan fingerprint density at radius 2 is 2.36 bits per heavy atom. The van der Waals surface area contributed by atoms with E-state index in [1.165, 1.54) is 0 Å². The minimum atomic E-state index is 0.164. The first kappa shape index (κ1) is 8.24. The molecular formula is C10H9ClN2O. The Kier molecular flexibility index (Phi) is 1.74. The molecule has 0 saturated heterocycles. The van der Waals surface area contributed by atoms with Crippen LogP contribution in [-0.4, -0.2) is 13.2 Å². The summed E-state index contributed by atoms with van der Waals surface area (Å²) in [6.45, 7) is 1.49. The van der Waals surface area contributed by atoms with Crippen LogP contribution < -0.4 is 4.74 Å². The molecular weight excluding hydrogens is 200 g/mol. The summed E-state index contributed by atoms with van der Waals surface area (Å²) >= 11 is 5.94. The van der Waals surface area contributed by atoms with Crippen molar-refractivity contribution in [1.29, 1.82) is 0 Å². The first-order valence-corrected chi connectivity index (χ1v) is 5.01. The molecule has 0 bridgehead atoms. The number of benzene rings is 1. The standard InChI is InChI=1S/C10H9ClN2O/c11-7-1-2-9-8(3-7)10-6(5-14-9)4-12-13-10/h1-3,6,10H,4-5H2. The van der Waals surface area contributed by atoms with E-state index < -0.39 is 0 Å². The summed E-state index contributed by atoms with van der Waals surface area (Å²) in [5.74, 6) is 1.30. The van der Waals surface area contributed by atoms with Crippen molar-refractivity contribution in [3.8, 4) is 5.75 Å². The Morgan fingerprint density at radius 1 is 1.43 bits per heavy atom. The van der Waals surface area contributed by atoms with Crippen LogP contribution in [-0.2, 0) is 0 Å². The quantitative estimate of drug-likeness (QED) is 0.646. The van der Waals surface area contributed by atoms with Crippen molar-refractivity contribution in [2.75, 3.05) is 13.2 Å². The van der Waals surface area contributed by atoms with Gasteiger partial charge in [0.05, 0.1) is 13.2 Å². The second-order valence-corrected chi connectivity index (χ2v) is 4.07. The SMILES string of the molecule is Clc1ccc2c(c1)C1N=NCC1CO2. The molecule has 1 aromatic carbocycles. The molecule has 0 saturated carbocycles. The van der Waals surface area contributed by atoms with E-state index in [-0.39, 0.29) is 6.04 Å². The summed E-state index contributed by atoms with van der Waals surface area (Å²) in [6, 6.07) is 5.84. The van der Waals surface area contributed by atoms with Crippen molar-refractivity contribution in [2.45, 2.75) is 6.04 Å². The third-order valence-corrected chi connectivity index (χ3v) is 2.95. The molecule has 2 heterocycles. The number of ether oxygens (including phenoxy) is 1. The zero-order chi connectivity index (χ0) is 9.54. The smallest absolute Gasteiger partial charge is 0.124 e. The van der Waals surface area contributed by atoms with Crippen molar-refractivity contribution in [3.05, 3.63) is 28.8 Å². The highest BCUT2D eigenvalue weighted by atomic mass is 35.5. The molecule has 0 aromatic heterocycles. The van der Waals surface area contributed by atoms with Crippen LogP contribution >= 0.6 is 11.6 Å². The highest BCUT2D eigenvalue weighted by Crippen LogP contribution is 2.42. The zero-order valence-electron chi connectivity index (χ0n) is 7.48. The van der Waals surface area contributed by atoms with Crippen LogP contribution in [0.2, 0.25) is 5.02 Å². The van der Waals surface area contributed by atoms with Crippen LogP contribution in [0.15, 0.2) is 28.4 Å². The van der Waals surface area contributed by atoms with Gasteiger partial charge in [-0.25, -0.2) is 0 Å². The Bertz CT molecular complexity index is 405. The lowest BCUT2D eigenvalue weighted by molar-refractivity contribution is 0.214. The van der Waals surface area contributed by atoms with Crippen molar-refractivity contribution >= 4 is 11.6 Å². The number of nitrogens with zero attached hydrogens (tertiary/aromatic N) is 2. The van der Waals surface area contributed by atoms with Gasteiger partial charge < -0.3 is 4.74 Å². The van der Waals surface area contributed by atoms with Gasteiger partial charge in [-0.05, 0) is 18.2 Å². The Hall–Kier alpha value is -1.09. The number of halogens is 1. The van der Waals surface area contributed by atoms with E-state index in [0.717, 1.165) is 22.9 Å². The maximum absolute atomic E-state index is 5.94. The topological polar surface area (TPSA) is 34.0 Å². The Morgan fingerprint density at radius 3 is 3.29 bits per heavy atom. The molecule has 14 heavy (non-hydrogen) atoms. The van der Waals surface area contributed by atoms with Gasteiger partial charge in [-0.15, -0.1) is 0 Å². The van der Waals surface area contributed by atoms with Gasteiger partial charge >= 0.3 is 0 Å². The van der Waals surface area contributed by atoms with Crippen molar-refractivity contribution in [2.24, 2.45) is 16.1 Å². The van der Waals surface area contributed by atoms with Gasteiger partial charge in [0.15, 0.2) is 0 Å². The van der Waals surface area contributed by atoms with Gasteiger partial charge in [0.1, 0.15) is 11.8 Å². The second-order valence-electron chi connectivity index (χ2n) is 3.64. The fourth-order valence-corrected chi connectivity index (χ4v) is 2.15. The van der Waals surface area contributed by atoms with E-state index in [1.807, 2.05) is 18.2 Å². The zero-order valence-corrected chi connectivity index (χ0v) is 8.24. The molecule has 0 aliphatic carbocycles. The number of rotatable bonds is 0. The third-order valence-electron chi connectivity index (χ3n) is 2.71. The molecule has 0 spiro atoms. The van der Waals surface area contributed by atoms with Crippen LogP contribution in [0.4, 0.5) is 0 Å². The monoisotopic (exact) mass is 208 g/mol. The maximum Gasteiger partial charge on any atom is 0.124 e. The van der Waals surface area contributed by atoms with Gasteiger partial charge in [-0.3, -0.25) is 0 Å². The fraction of sp³-hybridized carbons (Fsp3) is 0.400. The van der Waals surface area contributed by atoms with Gasteiger partial charge in [0, 0.05) is 16.5 Å². The largest absolute Gasteiger partial charge is 0.493 e. The minimum absolute atomic E-state index is 0.164. The molecule has 2 unspecified atom stereocenters. The van der Waals surface area contributed by atoms with Crippen molar-refractivity contribution in [1.82, 2.24) is 0 Å². The van der Waals surface area contributed by atoms with Gasteiger partial charge in [-0.2, -0.15) is 10.2 Å². The van der Waals surface area contributed by atoms with Crippen molar-refractivity contribution in [3.63, 3.8) is 0 Å². The molecule has 72 valence electrons. The summed E-state index contributed by atoms with van der Waals surface area (Å²) < 4.78 is 5.61. The summed E-state index contributed by atoms with van der Waals surface area (Å²) in [5.41, 5.74) is 1.08. The molecule has 3 nitrogen and oxygen atoms in total. The van der Waals surface area contributed by atoms with Crippen LogP contribution in [0, 0.1) is 5.92 Å². The Labute approximate surface area is 86.7 Å². The average molecular weight is 209 g/mol. The van der Waals surface area contributed by atoms with Crippen LogP contribution in [0.3, 0.4) is 0 Å². The maximum atomic E-state index is 5.94. The number of fused-ring (bicyclic) bond motifs is 3. The minimum Gasteiger partial charge on any atom is -0.493 e. The lowest BCUT2D eigenvalue weighted by Gasteiger charge is -2.25. The van der Waals surface area contributed by atoms with Gasteiger partial charge in [0.2, 0.25) is 0 Å². The lowest BCUT2D eigenvalue weighted by Crippen LogP contribution is -2.23. The van der Waals surface area contributed by atoms with E-state index >= 15 is 0 Å². The molecule has 2 atom stereocenters. The van der Waals surface area contributed by atoms with E-state index in [0.29, 0.717) is 12.5 Å². The lowest BCUT2D eigenvalue weighted by atomic mass is 9.92. The van der Waals surface area contributed by atoms with Crippen LogP contribution in [0.5, 0.6) is 5.75 Å². The predicted octanol–water partition coefficient (Wildman–Crippen LogP) is 2.86. The first-order valence-electron chi connectivity index (χ1n) is 4.63. The van der Waals surface area contributed by atoms with E-state index in [2.05, 4.69) is 10.2 Å². The normalized spacial score (nSPS) is 28.1. The number of hydrogen-bond acceptors (Lipinski definition) is 3. The summed E-state index contributed by atoms with van der Waals surface area (Å²) in [7, 11) is 0. The number of azo groups is 1. The molecule has 2 aliphatic heterocycles. The third kappa shape index (κ3) is 1.12. The summed E-state index contributed by atoms with van der Waals surface area (Å²) in [5, 5.41) is 9.02. The van der Waals surface area contributed by atoms with E-state index in [1.54, 1.807) is 0 Å². The fourth-order valence-electron chi connectivity index (χ4n) is 1.97. The van der Waals surface area contributed by atoms with E-state index in [4.69, 9.17) is 16.3 Å². The molecule has 0 N–H and O–H groups in total. The molecule has 0 fully saturated rings. The highest BCUT2D eigenvalue weighted by molar-refractivity contribution is 6.30. The van der Waals surface area contributed by atoms with Gasteiger partial charge in [0.25, 0.3) is 0 Å². The van der Waals surface area contributed by atoms with E-state index in [9.17, 15) is 0 Å². The predicted molar refractivity (Wildman–Crippen MR) is 52.9 cm³/mol. The van der Waals surface area contributed by atoms with Crippen LogP contribution in [0.25, 0.3) is 0 Å². The molecule has 0 radical (unpaired) electrons. The number of hydrogen-bond donors (Lipinski definition) is 0. The average Bonchev–Trinajstić information content (AvgIpc) is 2.65. The highest BCUT2D eigenvalue weighted by Gasteiger charge is 2.34. The van der Waals surface area contributed by atoms with Crippen LogP contribution in [0.1, 0.15) is 11.6 Å². The molecule has 3 rings (SSSR count). The first-order chi connectivity index (χ1) is 6.84. The molecule has 4 heteroatoms. The molecule has 1 aromatic rings.